The normalized spacial score (nSPS) is 22.4. The molecule has 5 aromatic rings. The first-order valence-corrected chi connectivity index (χ1v) is 22.1. The molecule has 1 aliphatic carbocycles. The number of imide groups is 1. The van der Waals surface area contributed by atoms with Crippen LogP contribution in [0, 0.1) is 17.8 Å². The number of amides is 3. The van der Waals surface area contributed by atoms with Crippen molar-refractivity contribution >= 4 is 45.9 Å². The second kappa shape index (κ2) is 17.3. The van der Waals surface area contributed by atoms with Gasteiger partial charge in [0.15, 0.2) is 11.3 Å². The number of hydrogen-bond acceptors (Lipinski definition) is 10. The maximum atomic E-state index is 14.3. The summed E-state index contributed by atoms with van der Waals surface area (Å²) >= 11 is 0. The molecule has 18 heteroatoms. The molecule has 9 rings (SSSR count). The molecule has 3 saturated heterocycles. The molecule has 4 fully saturated rings. The molecule has 1 atom stereocenters. The van der Waals surface area contributed by atoms with Crippen molar-refractivity contribution < 1.29 is 23.2 Å². The Bertz CT molecular complexity index is 2670. The van der Waals surface area contributed by atoms with Crippen LogP contribution < -0.4 is 21.2 Å². The maximum absolute atomic E-state index is 14.3. The smallest absolute Gasteiger partial charge is 0.329 e. The molecule has 332 valence electrons. The van der Waals surface area contributed by atoms with Crippen LogP contribution in [0.2, 0.25) is 0 Å². The first-order valence-electron chi connectivity index (χ1n) is 22.1. The summed E-state index contributed by atoms with van der Waals surface area (Å²) in [4.78, 5) is 63.1. The third-order valence-electron chi connectivity index (χ3n) is 13.6. The lowest BCUT2D eigenvalue weighted by Crippen LogP contribution is -2.48. The van der Waals surface area contributed by atoms with Gasteiger partial charge >= 0.3 is 5.69 Å². The van der Waals surface area contributed by atoms with Gasteiger partial charge in [-0.1, -0.05) is 17.9 Å². The number of nitrogens with one attached hydrogen (secondary N) is 2. The number of halogens is 2. The lowest BCUT2D eigenvalue weighted by Gasteiger charge is -2.43. The van der Waals surface area contributed by atoms with Gasteiger partial charge in [-0.15, -0.1) is 0 Å². The predicted molar refractivity (Wildman–Crippen MR) is 233 cm³/mol. The van der Waals surface area contributed by atoms with E-state index < -0.39 is 30.0 Å². The number of piperazine rings is 1. The molecule has 0 spiro atoms. The molecule has 7 heterocycles. The highest BCUT2D eigenvalue weighted by Gasteiger charge is 2.34. The van der Waals surface area contributed by atoms with Gasteiger partial charge < -0.3 is 15.1 Å². The Balaban J connectivity index is 0.774. The quantitative estimate of drug-likeness (QED) is 0.154. The number of piperidine rings is 2. The Morgan fingerprint density at radius 1 is 1.00 bits per heavy atom. The van der Waals surface area contributed by atoms with E-state index in [0.29, 0.717) is 34.7 Å². The number of aromatic nitrogens is 7. The van der Waals surface area contributed by atoms with Crippen molar-refractivity contribution in [2.24, 2.45) is 13.0 Å². The predicted octanol–water partition coefficient (Wildman–Crippen LogP) is 4.92. The average molecular weight is 865 g/mol. The van der Waals surface area contributed by atoms with Crippen LogP contribution in [0.25, 0.3) is 16.7 Å². The van der Waals surface area contributed by atoms with Crippen LogP contribution in [-0.4, -0.2) is 112 Å². The zero-order chi connectivity index (χ0) is 44.0. The van der Waals surface area contributed by atoms with Crippen molar-refractivity contribution in [2.45, 2.75) is 95.7 Å². The monoisotopic (exact) mass is 864 g/mol. The van der Waals surface area contributed by atoms with E-state index in [1.165, 1.54) is 19.8 Å². The van der Waals surface area contributed by atoms with E-state index >= 15 is 0 Å². The minimum atomic E-state index is -2.86. The highest BCUT2D eigenvalue weighted by Crippen LogP contribution is 2.36. The number of benzene rings is 1. The number of carbonyl (C=O) groups is 3. The molecular formula is C45H54F2N12O4. The van der Waals surface area contributed by atoms with E-state index in [0.717, 1.165) is 90.0 Å². The fraction of sp³-hybridized carbons (Fsp3) is 0.533. The van der Waals surface area contributed by atoms with Gasteiger partial charge in [0.05, 0.1) is 41.1 Å². The molecule has 4 aliphatic rings. The summed E-state index contributed by atoms with van der Waals surface area (Å²) in [6.07, 6.45) is 9.10. The number of rotatable bonds is 9. The summed E-state index contributed by atoms with van der Waals surface area (Å²) in [7, 11) is 1.68. The number of hydrogen-bond donors (Lipinski definition) is 2. The largest absolute Gasteiger partial charge is 0.351 e. The lowest BCUT2D eigenvalue weighted by molar-refractivity contribution is -0.135. The number of alkyl halides is 2. The van der Waals surface area contributed by atoms with Gasteiger partial charge in [-0.3, -0.25) is 38.4 Å². The molecule has 3 aliphatic heterocycles. The second-order valence-corrected chi connectivity index (χ2v) is 18.1. The van der Waals surface area contributed by atoms with Crippen molar-refractivity contribution in [2.75, 3.05) is 56.0 Å². The lowest BCUT2D eigenvalue weighted by atomic mass is 9.85. The van der Waals surface area contributed by atoms with Crippen LogP contribution >= 0.6 is 0 Å². The van der Waals surface area contributed by atoms with Crippen LogP contribution in [0.3, 0.4) is 0 Å². The average Bonchev–Trinajstić information content (AvgIpc) is 3.96. The molecular weight excluding hydrogens is 811 g/mol. The van der Waals surface area contributed by atoms with Crippen LogP contribution in [0.4, 0.5) is 20.3 Å². The minimum Gasteiger partial charge on any atom is -0.351 e. The minimum absolute atomic E-state index is 0.00103. The van der Waals surface area contributed by atoms with Crippen LogP contribution in [0.5, 0.6) is 0 Å². The maximum Gasteiger partial charge on any atom is 0.329 e. The van der Waals surface area contributed by atoms with E-state index in [1.54, 1.807) is 24.1 Å². The van der Waals surface area contributed by atoms with Gasteiger partial charge in [0, 0.05) is 70.7 Å². The molecule has 1 aromatic carbocycles. The zero-order valence-corrected chi connectivity index (χ0v) is 36.0. The summed E-state index contributed by atoms with van der Waals surface area (Å²) in [5.41, 5.74) is 1.72. The number of nitrogens with zero attached hydrogens (tertiary/aromatic N) is 10. The van der Waals surface area contributed by atoms with Crippen molar-refractivity contribution in [3.05, 3.63) is 70.2 Å². The van der Waals surface area contributed by atoms with Crippen LogP contribution in [0.15, 0.2) is 47.7 Å². The molecule has 4 aromatic heterocycles. The first-order chi connectivity index (χ1) is 30.3. The number of carbonyl (C=O) groups excluding carboxylic acids is 3. The summed E-state index contributed by atoms with van der Waals surface area (Å²) in [6.45, 7) is 10.4. The Hall–Kier alpha value is -5.93. The molecule has 63 heavy (non-hydrogen) atoms. The fourth-order valence-electron chi connectivity index (χ4n) is 10.0. The molecule has 1 unspecified atom stereocenters. The number of fused-ring (bicyclic) bond motifs is 2. The van der Waals surface area contributed by atoms with E-state index in [4.69, 9.17) is 4.98 Å². The topological polar surface area (TPSA) is 160 Å². The van der Waals surface area contributed by atoms with Gasteiger partial charge in [-0.2, -0.15) is 10.2 Å². The molecule has 0 bridgehead atoms. The van der Waals surface area contributed by atoms with Gasteiger partial charge in [-0.25, -0.2) is 23.1 Å². The van der Waals surface area contributed by atoms with E-state index in [1.807, 2.05) is 24.3 Å². The first kappa shape index (κ1) is 42.4. The number of para-hydroxylation sites is 1. The highest BCUT2D eigenvalue weighted by molar-refractivity contribution is 6.08. The summed E-state index contributed by atoms with van der Waals surface area (Å²) in [5.74, 6) is 6.46. The second-order valence-electron chi connectivity index (χ2n) is 18.1. The molecule has 1 saturated carbocycles. The Labute approximate surface area is 363 Å². The van der Waals surface area contributed by atoms with Crippen molar-refractivity contribution in [1.29, 1.82) is 0 Å². The molecule has 16 nitrogen and oxygen atoms in total. The Kier molecular flexibility index (Phi) is 11.7. The highest BCUT2D eigenvalue weighted by atomic mass is 19.3. The van der Waals surface area contributed by atoms with Gasteiger partial charge in [-0.05, 0) is 89.3 Å². The Morgan fingerprint density at radius 2 is 1.78 bits per heavy atom. The van der Waals surface area contributed by atoms with Gasteiger partial charge in [0.25, 0.3) is 12.3 Å². The van der Waals surface area contributed by atoms with Crippen molar-refractivity contribution in [3.63, 3.8) is 0 Å². The SMILES string of the molecule is Cn1c(=O)n(C2CCC(=O)NC2=O)c2cccc(C#CCN3CCN(C[C@H]4CC[C@H](n5cc(NC(=O)c6cnn7ccc(N8CCCCC8(C)C)nc67)c(C(F)F)n5)CC4)CC3)c21. The molecule has 2 N–H and O–H groups in total. The summed E-state index contributed by atoms with van der Waals surface area (Å²) in [5, 5.41) is 13.7. The summed E-state index contributed by atoms with van der Waals surface area (Å²) in [6, 6.07) is 6.63. The van der Waals surface area contributed by atoms with Crippen LogP contribution in [-0.2, 0) is 16.6 Å². The van der Waals surface area contributed by atoms with E-state index in [-0.39, 0.29) is 47.3 Å². The third kappa shape index (κ3) is 8.48. The van der Waals surface area contributed by atoms with Crippen LogP contribution in [0.1, 0.15) is 112 Å². The summed E-state index contributed by atoms with van der Waals surface area (Å²) < 4.78 is 34.8. The molecule has 0 radical (unpaired) electrons. The van der Waals surface area contributed by atoms with Crippen molar-refractivity contribution in [1.82, 2.24) is 48.6 Å². The number of aryl methyl sites for hydroxylation is 1. The van der Waals surface area contributed by atoms with E-state index in [2.05, 4.69) is 61.2 Å². The fourth-order valence-corrected chi connectivity index (χ4v) is 10.0. The van der Waals surface area contributed by atoms with Gasteiger partial charge in [0.2, 0.25) is 11.8 Å². The number of anilines is 2. The number of imidazole rings is 1. The standard InChI is InChI=1S/C45H54F2N12O4/c1-45(2)18-4-5-20-56(45)36-17-21-57-41(50-36)32(26-48-57)42(61)49-33-28-58(52-38(33)40(46)47)31-13-11-29(12-14-31)27-55-24-22-54(23-25-55)19-7-9-30-8-6-10-34-39(30)53(3)44(63)59(34)35-15-16-37(60)51-43(35)62/h6,8,10,17,21,26,28-29,31,35,40H,4-5,11-16,18-20,22-25,27H2,1-3H3,(H,49,61)(H,51,60,62)/t29-,31-,35?. The Morgan fingerprint density at radius 3 is 2.52 bits per heavy atom. The van der Waals surface area contributed by atoms with E-state index in [9.17, 15) is 28.0 Å². The zero-order valence-electron chi connectivity index (χ0n) is 36.0. The third-order valence-corrected chi connectivity index (χ3v) is 13.6. The molecule has 3 amide bonds. The van der Waals surface area contributed by atoms with Crippen molar-refractivity contribution in [3.8, 4) is 11.8 Å². The van der Waals surface area contributed by atoms with Gasteiger partial charge in [0.1, 0.15) is 17.4 Å².